The number of halogens is 1. The number of nitrogens with one attached hydrogen (secondary N) is 1. The molecule has 3 heterocycles. The Kier molecular flexibility index (Phi) is 6.47. The number of aromatic nitrogens is 1. The molecule has 1 saturated heterocycles. The zero-order valence-electron chi connectivity index (χ0n) is 20.1. The third kappa shape index (κ3) is 4.28. The second-order valence-corrected chi connectivity index (χ2v) is 9.80. The summed E-state index contributed by atoms with van der Waals surface area (Å²) in [5.41, 5.74) is 3.56. The van der Waals surface area contributed by atoms with Crippen LogP contribution in [-0.2, 0) is 16.0 Å². The number of aromatic hydroxyl groups is 1. The molecule has 8 heteroatoms. The molecule has 5 rings (SSSR count). The van der Waals surface area contributed by atoms with Crippen molar-refractivity contribution in [3.05, 3.63) is 64.3 Å². The summed E-state index contributed by atoms with van der Waals surface area (Å²) in [6.07, 6.45) is 1.26. The largest absolute Gasteiger partial charge is 0.508 e. The van der Waals surface area contributed by atoms with Crippen molar-refractivity contribution in [3.8, 4) is 5.75 Å². The molecule has 0 saturated carbocycles. The summed E-state index contributed by atoms with van der Waals surface area (Å²) in [7, 11) is 0. The maximum Gasteiger partial charge on any atom is 0.246 e. The Morgan fingerprint density at radius 2 is 1.94 bits per heavy atom. The molecule has 2 atom stereocenters. The van der Waals surface area contributed by atoms with E-state index in [0.717, 1.165) is 53.8 Å². The first-order valence-corrected chi connectivity index (χ1v) is 12.7. The number of benzene rings is 2. The van der Waals surface area contributed by atoms with E-state index < -0.39 is 12.1 Å². The molecule has 35 heavy (non-hydrogen) atoms. The van der Waals surface area contributed by atoms with Gasteiger partial charge in [-0.3, -0.25) is 9.59 Å². The smallest absolute Gasteiger partial charge is 0.246 e. The van der Waals surface area contributed by atoms with E-state index in [4.69, 9.17) is 11.6 Å². The summed E-state index contributed by atoms with van der Waals surface area (Å²) < 4.78 is 0. The highest BCUT2D eigenvalue weighted by atomic mass is 35.5. The van der Waals surface area contributed by atoms with E-state index >= 15 is 0 Å². The second kappa shape index (κ2) is 9.55. The molecule has 184 valence electrons. The van der Waals surface area contributed by atoms with Gasteiger partial charge in [-0.2, -0.15) is 0 Å². The summed E-state index contributed by atoms with van der Waals surface area (Å²) in [4.78, 5) is 36.5. The monoisotopic (exact) mass is 494 g/mol. The standard InChI is InChI=1S/C27H31ClN4O3/c1-3-30(4-2)11-6-12-31-16-24(34)32-23(27(31)35)15-21-20-14-18(28)9-10-22(20)29-25(21)26(32)17-7-5-8-19(33)13-17/h5,7-10,13-14,23,26,29,33H,3-4,6,11-12,15-16H2,1-2H3. The number of phenols is 1. The minimum atomic E-state index is -0.595. The first kappa shape index (κ1) is 23.7. The van der Waals surface area contributed by atoms with E-state index in [1.807, 2.05) is 24.3 Å². The van der Waals surface area contributed by atoms with Crippen molar-refractivity contribution in [1.29, 1.82) is 0 Å². The maximum absolute atomic E-state index is 13.7. The lowest BCUT2D eigenvalue weighted by atomic mass is 9.86. The van der Waals surface area contributed by atoms with E-state index in [9.17, 15) is 14.7 Å². The number of aromatic amines is 1. The van der Waals surface area contributed by atoms with E-state index in [-0.39, 0.29) is 24.1 Å². The molecular formula is C27H31ClN4O3. The number of rotatable bonds is 7. The number of hydrogen-bond donors (Lipinski definition) is 2. The van der Waals surface area contributed by atoms with Gasteiger partial charge in [0, 0.05) is 34.6 Å². The fourth-order valence-corrected chi connectivity index (χ4v) is 5.77. The van der Waals surface area contributed by atoms with Gasteiger partial charge in [0.2, 0.25) is 11.8 Å². The highest BCUT2D eigenvalue weighted by molar-refractivity contribution is 6.31. The number of H-pyrrole nitrogens is 1. The highest BCUT2D eigenvalue weighted by Gasteiger charge is 2.48. The zero-order valence-corrected chi connectivity index (χ0v) is 20.9. The number of amides is 2. The number of nitrogens with zero attached hydrogens (tertiary/aromatic N) is 3. The van der Waals surface area contributed by atoms with Crippen LogP contribution in [0.15, 0.2) is 42.5 Å². The van der Waals surface area contributed by atoms with Crippen LogP contribution in [0.2, 0.25) is 5.02 Å². The van der Waals surface area contributed by atoms with Crippen molar-refractivity contribution in [2.45, 2.75) is 38.8 Å². The topological polar surface area (TPSA) is 79.9 Å². The molecule has 1 aromatic heterocycles. The minimum Gasteiger partial charge on any atom is -0.508 e. The molecule has 3 aromatic rings. The number of phenolic OH excluding ortho intramolecular Hbond substituents is 1. The molecule has 2 aliphatic rings. The summed E-state index contributed by atoms with van der Waals surface area (Å²) in [5, 5.41) is 11.8. The minimum absolute atomic E-state index is 0.0173. The van der Waals surface area contributed by atoms with Crippen LogP contribution in [-0.4, -0.2) is 75.4 Å². The van der Waals surface area contributed by atoms with Crippen molar-refractivity contribution >= 4 is 34.3 Å². The Morgan fingerprint density at radius 3 is 2.69 bits per heavy atom. The van der Waals surface area contributed by atoms with Gasteiger partial charge in [0.25, 0.3) is 0 Å². The van der Waals surface area contributed by atoms with Gasteiger partial charge < -0.3 is 24.8 Å². The van der Waals surface area contributed by atoms with E-state index in [1.165, 1.54) is 0 Å². The van der Waals surface area contributed by atoms with E-state index in [1.54, 1.807) is 28.0 Å². The summed E-state index contributed by atoms with van der Waals surface area (Å²) >= 11 is 6.32. The Balaban J connectivity index is 1.53. The molecule has 2 amide bonds. The predicted octanol–water partition coefficient (Wildman–Crippen LogP) is 3.94. The fourth-order valence-electron chi connectivity index (χ4n) is 5.60. The van der Waals surface area contributed by atoms with E-state index in [0.29, 0.717) is 18.0 Å². The van der Waals surface area contributed by atoms with Gasteiger partial charge in [-0.15, -0.1) is 0 Å². The summed E-state index contributed by atoms with van der Waals surface area (Å²) in [6.45, 7) is 7.74. The quantitative estimate of drug-likeness (QED) is 0.521. The van der Waals surface area contributed by atoms with Gasteiger partial charge in [-0.1, -0.05) is 37.6 Å². The van der Waals surface area contributed by atoms with Crippen molar-refractivity contribution in [2.24, 2.45) is 0 Å². The van der Waals surface area contributed by atoms with Crippen LogP contribution < -0.4 is 0 Å². The van der Waals surface area contributed by atoms with Gasteiger partial charge in [0.1, 0.15) is 11.8 Å². The molecule has 2 N–H and O–H groups in total. The lowest BCUT2D eigenvalue weighted by molar-refractivity contribution is -0.158. The van der Waals surface area contributed by atoms with Gasteiger partial charge >= 0.3 is 0 Å². The highest BCUT2D eigenvalue weighted by Crippen LogP contribution is 2.43. The van der Waals surface area contributed by atoms with Crippen molar-refractivity contribution in [2.75, 3.05) is 32.7 Å². The van der Waals surface area contributed by atoms with Crippen molar-refractivity contribution < 1.29 is 14.7 Å². The summed E-state index contributed by atoms with van der Waals surface area (Å²) in [6, 6.07) is 11.5. The molecule has 2 unspecified atom stereocenters. The lowest BCUT2D eigenvalue weighted by Crippen LogP contribution is -2.63. The molecular weight excluding hydrogens is 464 g/mol. The van der Waals surface area contributed by atoms with Crippen molar-refractivity contribution in [1.82, 2.24) is 19.7 Å². The van der Waals surface area contributed by atoms with Gasteiger partial charge in [0.15, 0.2) is 0 Å². The first-order valence-electron chi connectivity index (χ1n) is 12.3. The molecule has 0 bridgehead atoms. The third-order valence-corrected chi connectivity index (χ3v) is 7.61. The van der Waals surface area contributed by atoms with Crippen LogP contribution in [0.1, 0.15) is 43.1 Å². The molecule has 0 radical (unpaired) electrons. The van der Waals surface area contributed by atoms with Crippen LogP contribution in [0.4, 0.5) is 0 Å². The molecule has 2 aromatic carbocycles. The van der Waals surface area contributed by atoms with Crippen LogP contribution in [0, 0.1) is 0 Å². The average Bonchev–Trinajstić information content (AvgIpc) is 3.21. The molecule has 1 fully saturated rings. The third-order valence-electron chi connectivity index (χ3n) is 7.38. The van der Waals surface area contributed by atoms with Gasteiger partial charge in [-0.25, -0.2) is 0 Å². The second-order valence-electron chi connectivity index (χ2n) is 9.37. The van der Waals surface area contributed by atoms with Gasteiger partial charge in [0.05, 0.1) is 12.6 Å². The fraction of sp³-hybridized carbons (Fsp3) is 0.407. The molecule has 0 spiro atoms. The summed E-state index contributed by atoms with van der Waals surface area (Å²) in [5.74, 6) is 0.0311. The molecule has 0 aliphatic carbocycles. The zero-order chi connectivity index (χ0) is 24.7. The van der Waals surface area contributed by atoms with Gasteiger partial charge in [-0.05, 0) is 67.5 Å². The van der Waals surface area contributed by atoms with Crippen LogP contribution in [0.25, 0.3) is 10.9 Å². The Hall–Kier alpha value is -3.03. The number of fused-ring (bicyclic) bond motifs is 4. The molecule has 2 aliphatic heterocycles. The van der Waals surface area contributed by atoms with Crippen LogP contribution in [0.5, 0.6) is 5.75 Å². The van der Waals surface area contributed by atoms with Crippen LogP contribution >= 0.6 is 11.6 Å². The normalized spacial score (nSPS) is 20.0. The Bertz CT molecular complexity index is 1270. The van der Waals surface area contributed by atoms with Crippen LogP contribution in [0.3, 0.4) is 0 Å². The Morgan fingerprint density at radius 1 is 1.14 bits per heavy atom. The van der Waals surface area contributed by atoms with E-state index in [2.05, 4.69) is 23.7 Å². The Labute approximate surface area is 210 Å². The maximum atomic E-state index is 13.7. The average molecular weight is 495 g/mol. The number of hydrogen-bond acceptors (Lipinski definition) is 4. The number of carbonyl (C=O) groups excluding carboxylic acids is 2. The number of carbonyl (C=O) groups is 2. The van der Waals surface area contributed by atoms with Crippen molar-refractivity contribution in [3.63, 3.8) is 0 Å². The first-order chi connectivity index (χ1) is 16.9. The lowest BCUT2D eigenvalue weighted by Gasteiger charge is -2.47. The number of piperazine rings is 1. The SMILES string of the molecule is CCN(CC)CCCN1CC(=O)N2C(Cc3c([nH]c4ccc(Cl)cc34)C2c2cccc(O)c2)C1=O. The predicted molar refractivity (Wildman–Crippen MR) is 137 cm³/mol. The molecule has 7 nitrogen and oxygen atoms in total.